The van der Waals surface area contributed by atoms with Gasteiger partial charge in [0.1, 0.15) is 0 Å². The van der Waals surface area contributed by atoms with E-state index in [4.69, 9.17) is 0 Å². The number of hydrogen-bond acceptors (Lipinski definition) is 3. The van der Waals surface area contributed by atoms with Crippen LogP contribution in [0, 0.1) is 11.8 Å². The van der Waals surface area contributed by atoms with E-state index >= 15 is 0 Å². The summed E-state index contributed by atoms with van der Waals surface area (Å²) in [6.45, 7) is 3.60. The lowest BCUT2D eigenvalue weighted by Crippen LogP contribution is -2.71. The van der Waals surface area contributed by atoms with E-state index < -0.39 is 5.67 Å². The highest BCUT2D eigenvalue weighted by Gasteiger charge is 2.58. The molecule has 0 bridgehead atoms. The quantitative estimate of drug-likeness (QED) is 0.847. The van der Waals surface area contributed by atoms with Crippen LogP contribution < -0.4 is 0 Å². The van der Waals surface area contributed by atoms with E-state index in [0.717, 1.165) is 31.8 Å². The Morgan fingerprint density at radius 3 is 2.48 bits per heavy atom. The topological polar surface area (TPSA) is 43.8 Å². The average molecular weight is 296 g/mol. The lowest BCUT2D eigenvalue weighted by Gasteiger charge is -2.55. The van der Waals surface area contributed by atoms with Crippen molar-refractivity contribution in [2.75, 3.05) is 32.8 Å². The molecule has 1 amide bonds. The van der Waals surface area contributed by atoms with Gasteiger partial charge in [-0.05, 0) is 50.4 Å². The number of carbonyl (C=O) groups excluding carboxylic acids is 1. The van der Waals surface area contributed by atoms with Gasteiger partial charge in [-0.25, -0.2) is 4.39 Å². The maximum absolute atomic E-state index is 14.3. The van der Waals surface area contributed by atoms with Crippen LogP contribution >= 0.6 is 0 Å². The fourth-order valence-corrected chi connectivity index (χ4v) is 4.36. The van der Waals surface area contributed by atoms with Crippen molar-refractivity contribution in [1.29, 1.82) is 0 Å². The molecule has 2 saturated carbocycles. The number of alkyl halides is 1. The summed E-state index contributed by atoms with van der Waals surface area (Å²) in [5, 5.41) is 9.47. The molecule has 4 aliphatic rings. The van der Waals surface area contributed by atoms with Crippen molar-refractivity contribution < 1.29 is 14.3 Å². The largest absolute Gasteiger partial charge is 0.396 e. The van der Waals surface area contributed by atoms with Crippen LogP contribution in [-0.2, 0) is 4.79 Å². The normalized spacial score (nSPS) is 33.8. The van der Waals surface area contributed by atoms with Gasteiger partial charge in [0.2, 0.25) is 0 Å². The number of nitrogens with zero attached hydrogens (tertiary/aromatic N) is 2. The second-order valence-electron chi connectivity index (χ2n) is 7.81. The van der Waals surface area contributed by atoms with E-state index in [2.05, 4.69) is 4.90 Å². The molecule has 118 valence electrons. The zero-order chi connectivity index (χ0) is 14.7. The fraction of sp³-hybridized carbons (Fsp3) is 0.938. The molecule has 21 heavy (non-hydrogen) atoms. The molecule has 2 aliphatic heterocycles. The molecule has 5 heteroatoms. The van der Waals surface area contributed by atoms with Gasteiger partial charge in [0.25, 0.3) is 5.91 Å². The zero-order valence-electron chi connectivity index (χ0n) is 12.6. The van der Waals surface area contributed by atoms with E-state index in [-0.39, 0.29) is 18.1 Å². The van der Waals surface area contributed by atoms with Gasteiger partial charge in [-0.1, -0.05) is 0 Å². The summed E-state index contributed by atoms with van der Waals surface area (Å²) in [7, 11) is 0. The third-order valence-corrected chi connectivity index (χ3v) is 6.04. The summed E-state index contributed by atoms with van der Waals surface area (Å²) in [5.41, 5.74) is -1.52. The summed E-state index contributed by atoms with van der Waals surface area (Å²) in [6.07, 6.45) is 5.22. The monoisotopic (exact) mass is 296 g/mol. The van der Waals surface area contributed by atoms with Crippen molar-refractivity contribution in [3.05, 3.63) is 0 Å². The smallest absolute Gasteiger partial charge is 0.260 e. The number of aliphatic hydroxyl groups excluding tert-OH is 1. The number of amides is 1. The van der Waals surface area contributed by atoms with E-state index in [1.807, 2.05) is 0 Å². The highest BCUT2D eigenvalue weighted by Crippen LogP contribution is 2.46. The molecule has 0 unspecified atom stereocenters. The number of aliphatic hydroxyl groups is 1. The molecule has 1 atom stereocenters. The van der Waals surface area contributed by atoms with Crippen molar-refractivity contribution in [2.45, 2.75) is 49.7 Å². The predicted molar refractivity (Wildman–Crippen MR) is 76.5 cm³/mol. The summed E-state index contributed by atoms with van der Waals surface area (Å²) in [6, 6.07) is 0. The Labute approximate surface area is 125 Å². The first-order valence-corrected chi connectivity index (χ1v) is 8.39. The molecule has 0 aromatic rings. The summed E-state index contributed by atoms with van der Waals surface area (Å²) in [5.74, 6) is 0.852. The van der Waals surface area contributed by atoms with Crippen LogP contribution in [0.15, 0.2) is 0 Å². The van der Waals surface area contributed by atoms with Crippen LogP contribution in [0.2, 0.25) is 0 Å². The first-order chi connectivity index (χ1) is 10.0. The number of likely N-dealkylation sites (tertiary alicyclic amines) is 2. The lowest BCUT2D eigenvalue weighted by atomic mass is 9.77. The van der Waals surface area contributed by atoms with Gasteiger partial charge in [-0.2, -0.15) is 0 Å². The Bertz CT molecular complexity index is 442. The Balaban J connectivity index is 1.41. The van der Waals surface area contributed by atoms with Crippen molar-refractivity contribution in [2.24, 2.45) is 11.8 Å². The summed E-state index contributed by atoms with van der Waals surface area (Å²) < 4.78 is 14.3. The molecule has 4 fully saturated rings. The van der Waals surface area contributed by atoms with Crippen LogP contribution in [0.3, 0.4) is 0 Å². The van der Waals surface area contributed by atoms with E-state index in [1.54, 1.807) is 4.90 Å². The van der Waals surface area contributed by atoms with Gasteiger partial charge in [0.05, 0.1) is 5.54 Å². The van der Waals surface area contributed by atoms with Gasteiger partial charge in [0, 0.05) is 32.8 Å². The second-order valence-corrected chi connectivity index (χ2v) is 7.81. The first-order valence-electron chi connectivity index (χ1n) is 8.39. The molecule has 4 rings (SSSR count). The van der Waals surface area contributed by atoms with Crippen molar-refractivity contribution in [3.63, 3.8) is 0 Å². The van der Waals surface area contributed by atoms with E-state index in [9.17, 15) is 14.3 Å². The highest BCUT2D eigenvalue weighted by molar-refractivity contribution is 5.87. The van der Waals surface area contributed by atoms with Crippen LogP contribution in [0.5, 0.6) is 0 Å². The Morgan fingerprint density at radius 2 is 1.95 bits per heavy atom. The number of hydrogen-bond donors (Lipinski definition) is 1. The minimum absolute atomic E-state index is 0.0335. The third-order valence-electron chi connectivity index (χ3n) is 6.04. The van der Waals surface area contributed by atoms with E-state index in [0.29, 0.717) is 31.8 Å². The standard InChI is InChI=1S/C16H25FN2O2/c17-16(4-1-5-16)14(21)18-10-15(11-18)6-13(9-20)8-19(15)7-12-2-3-12/h12-13,20H,1-11H2/t13-/m0/s1. The highest BCUT2D eigenvalue weighted by atomic mass is 19.1. The molecule has 2 heterocycles. The first kappa shape index (κ1) is 13.9. The van der Waals surface area contributed by atoms with Crippen LogP contribution in [-0.4, -0.2) is 64.8 Å². The van der Waals surface area contributed by atoms with Gasteiger partial charge in [-0.15, -0.1) is 0 Å². The van der Waals surface area contributed by atoms with Crippen LogP contribution in [0.25, 0.3) is 0 Å². The van der Waals surface area contributed by atoms with Gasteiger partial charge in [0.15, 0.2) is 5.67 Å². The minimum atomic E-state index is -1.56. The summed E-state index contributed by atoms with van der Waals surface area (Å²) in [4.78, 5) is 16.5. The molecule has 4 nitrogen and oxygen atoms in total. The average Bonchev–Trinajstić information content (AvgIpc) is 3.12. The Hall–Kier alpha value is -0.680. The minimum Gasteiger partial charge on any atom is -0.396 e. The van der Waals surface area contributed by atoms with Crippen LogP contribution in [0.4, 0.5) is 4.39 Å². The maximum Gasteiger partial charge on any atom is 0.260 e. The molecule has 2 aliphatic carbocycles. The molecule has 1 N–H and O–H groups in total. The van der Waals surface area contributed by atoms with Crippen LogP contribution in [0.1, 0.15) is 38.5 Å². The molecular weight excluding hydrogens is 271 g/mol. The predicted octanol–water partition coefficient (Wildman–Crippen LogP) is 1.18. The Morgan fingerprint density at radius 1 is 1.24 bits per heavy atom. The number of halogens is 1. The van der Waals surface area contributed by atoms with Crippen molar-refractivity contribution >= 4 is 5.91 Å². The third kappa shape index (κ3) is 2.20. The Kier molecular flexibility index (Phi) is 3.09. The SMILES string of the molecule is O=C(N1CC2(C[C@H](CO)CN2CC2CC2)C1)C1(F)CCC1. The molecule has 0 aromatic heterocycles. The molecule has 0 radical (unpaired) electrons. The van der Waals surface area contributed by atoms with Gasteiger partial charge >= 0.3 is 0 Å². The molecular formula is C16H25FN2O2. The summed E-state index contributed by atoms with van der Waals surface area (Å²) >= 11 is 0. The van der Waals surface area contributed by atoms with Gasteiger partial charge in [-0.3, -0.25) is 9.69 Å². The molecule has 2 saturated heterocycles. The lowest BCUT2D eigenvalue weighted by molar-refractivity contribution is -0.163. The zero-order valence-corrected chi connectivity index (χ0v) is 12.6. The van der Waals surface area contributed by atoms with E-state index in [1.165, 1.54) is 12.8 Å². The molecule has 0 aromatic carbocycles. The van der Waals surface area contributed by atoms with Gasteiger partial charge < -0.3 is 10.0 Å². The fourth-order valence-electron chi connectivity index (χ4n) is 4.36. The number of rotatable bonds is 4. The maximum atomic E-state index is 14.3. The van der Waals surface area contributed by atoms with Crippen molar-refractivity contribution in [3.8, 4) is 0 Å². The van der Waals surface area contributed by atoms with Crippen molar-refractivity contribution in [1.82, 2.24) is 9.80 Å². The second kappa shape index (κ2) is 4.66. The number of carbonyl (C=O) groups is 1. The molecule has 1 spiro atoms.